The summed E-state index contributed by atoms with van der Waals surface area (Å²) in [5.41, 5.74) is 1.59. The Bertz CT molecular complexity index is 1070. The zero-order chi connectivity index (χ0) is 20.3. The van der Waals surface area contributed by atoms with Crippen LogP contribution in [0.15, 0.2) is 49.3 Å². The van der Waals surface area contributed by atoms with Crippen LogP contribution >= 0.6 is 11.8 Å². The van der Waals surface area contributed by atoms with E-state index in [4.69, 9.17) is 13.9 Å². The van der Waals surface area contributed by atoms with Gasteiger partial charge >= 0.3 is 11.9 Å². The number of aromatic carboxylic acids is 1. The summed E-state index contributed by atoms with van der Waals surface area (Å²) < 4.78 is 11.0. The molecule has 1 aromatic carbocycles. The molecule has 0 aliphatic heterocycles. The highest BCUT2D eigenvalue weighted by atomic mass is 32.2. The maximum absolute atomic E-state index is 11.5. The van der Waals surface area contributed by atoms with E-state index < -0.39 is 11.9 Å². The number of nitrogens with zero attached hydrogens (tertiary/aromatic N) is 2. The number of benzene rings is 1. The van der Waals surface area contributed by atoms with E-state index in [0.717, 1.165) is 17.3 Å². The summed E-state index contributed by atoms with van der Waals surface area (Å²) in [5.74, 6) is -1.05. The van der Waals surface area contributed by atoms with Crippen molar-refractivity contribution < 1.29 is 28.6 Å². The molecule has 0 aliphatic rings. The maximum Gasteiger partial charge on any atom is 0.342 e. The van der Waals surface area contributed by atoms with E-state index in [1.54, 1.807) is 18.2 Å². The molecular formula is C19H16N2O6S. The first-order valence-corrected chi connectivity index (χ1v) is 9.08. The third-order valence-corrected chi connectivity index (χ3v) is 4.66. The summed E-state index contributed by atoms with van der Waals surface area (Å²) in [6, 6.07) is 7.99. The maximum atomic E-state index is 11.5. The highest BCUT2D eigenvalue weighted by Crippen LogP contribution is 2.31. The number of thioether (sulfide) groups is 1. The van der Waals surface area contributed by atoms with Crippen molar-refractivity contribution in [1.29, 1.82) is 0 Å². The Morgan fingerprint density at radius 3 is 2.57 bits per heavy atom. The number of aliphatic carboxylic acids is 1. The zero-order valence-electron chi connectivity index (χ0n) is 15.0. The lowest BCUT2D eigenvalue weighted by molar-refractivity contribution is -0.131. The predicted molar refractivity (Wildman–Crippen MR) is 101 cm³/mol. The minimum absolute atomic E-state index is 0.0526. The van der Waals surface area contributed by atoms with Gasteiger partial charge < -0.3 is 19.0 Å². The van der Waals surface area contributed by atoms with E-state index in [1.165, 1.54) is 18.2 Å². The van der Waals surface area contributed by atoms with E-state index in [9.17, 15) is 14.7 Å². The second kappa shape index (κ2) is 8.13. The van der Waals surface area contributed by atoms with Crippen molar-refractivity contribution in [2.45, 2.75) is 25.5 Å². The minimum atomic E-state index is -1.16. The number of furan rings is 1. The highest BCUT2D eigenvalue weighted by Gasteiger charge is 2.17. The third kappa shape index (κ3) is 4.32. The molecule has 2 aromatic heterocycles. The lowest BCUT2D eigenvalue weighted by Crippen LogP contribution is -1.97. The van der Waals surface area contributed by atoms with E-state index in [1.807, 2.05) is 13.8 Å². The molecule has 28 heavy (non-hydrogen) atoms. The molecule has 0 aliphatic carbocycles. The average molecular weight is 400 g/mol. The summed E-state index contributed by atoms with van der Waals surface area (Å²) in [6.45, 7) is 3.68. The number of carboxylic acid groups (broad SMARTS) is 2. The second-order valence-electron chi connectivity index (χ2n) is 5.77. The van der Waals surface area contributed by atoms with Crippen LogP contribution in [0.5, 0.6) is 0 Å². The Hall–Kier alpha value is -3.33. The Morgan fingerprint density at radius 2 is 1.93 bits per heavy atom. The fourth-order valence-electron chi connectivity index (χ4n) is 2.38. The van der Waals surface area contributed by atoms with Gasteiger partial charge in [0.1, 0.15) is 16.4 Å². The van der Waals surface area contributed by atoms with Gasteiger partial charge in [-0.05, 0) is 48.5 Å². The van der Waals surface area contributed by atoms with Crippen LogP contribution in [0.25, 0.3) is 17.4 Å². The molecule has 3 aromatic rings. The second-order valence-corrected chi connectivity index (χ2v) is 6.76. The molecule has 3 rings (SSSR count). The summed E-state index contributed by atoms with van der Waals surface area (Å²) in [4.78, 5) is 22.7. The number of aryl methyl sites for hydroxylation is 2. The fraction of sp³-hybridized carbons (Fsp3) is 0.158. The molecule has 0 saturated heterocycles. The van der Waals surface area contributed by atoms with Gasteiger partial charge in [0.25, 0.3) is 5.22 Å². The largest absolute Gasteiger partial charge is 0.478 e. The number of rotatable bonds is 7. The standard InChI is InChI=1S/C19H16N2O6S/c1-3-16-20-21-19(27-16)28-15(18(24)25)9-12-6-7-14(26-12)13-8-11(17(22)23)5-4-10(13)2/h4-9H,3H2,1-2H3,(H,22,23)(H,24,25)/b15-9+. The minimum Gasteiger partial charge on any atom is -0.478 e. The van der Waals surface area contributed by atoms with Gasteiger partial charge in [-0.25, -0.2) is 9.59 Å². The van der Waals surface area contributed by atoms with Crippen LogP contribution in [0.1, 0.15) is 34.5 Å². The first-order chi connectivity index (χ1) is 13.4. The molecule has 2 heterocycles. The van der Waals surface area contributed by atoms with Crippen molar-refractivity contribution in [3.63, 3.8) is 0 Å². The molecule has 0 bridgehead atoms. The lowest BCUT2D eigenvalue weighted by atomic mass is 10.0. The summed E-state index contributed by atoms with van der Waals surface area (Å²) in [5, 5.41) is 26.3. The molecule has 0 radical (unpaired) electrons. The summed E-state index contributed by atoms with van der Waals surface area (Å²) >= 11 is 0.826. The Kier molecular flexibility index (Phi) is 5.65. The smallest absolute Gasteiger partial charge is 0.342 e. The van der Waals surface area contributed by atoms with E-state index in [0.29, 0.717) is 29.4 Å². The summed E-state index contributed by atoms with van der Waals surface area (Å²) in [6.07, 6.45) is 1.90. The van der Waals surface area contributed by atoms with Crippen LogP contribution in [0.2, 0.25) is 0 Å². The molecule has 0 spiro atoms. The van der Waals surface area contributed by atoms with E-state index in [2.05, 4.69) is 10.2 Å². The zero-order valence-corrected chi connectivity index (χ0v) is 15.8. The van der Waals surface area contributed by atoms with Crippen LogP contribution < -0.4 is 0 Å². The van der Waals surface area contributed by atoms with Crippen LogP contribution in [0.3, 0.4) is 0 Å². The number of hydrogen-bond donors (Lipinski definition) is 2. The topological polar surface area (TPSA) is 127 Å². The number of carbonyl (C=O) groups is 2. The first-order valence-electron chi connectivity index (χ1n) is 8.26. The quantitative estimate of drug-likeness (QED) is 0.445. The van der Waals surface area contributed by atoms with Gasteiger partial charge in [0.15, 0.2) is 0 Å². The number of hydrogen-bond acceptors (Lipinski definition) is 7. The molecule has 0 amide bonds. The van der Waals surface area contributed by atoms with Crippen LogP contribution in [0.4, 0.5) is 0 Å². The van der Waals surface area contributed by atoms with Crippen LogP contribution in [-0.4, -0.2) is 32.3 Å². The van der Waals surface area contributed by atoms with Gasteiger partial charge in [-0.1, -0.05) is 13.0 Å². The van der Waals surface area contributed by atoms with Gasteiger partial charge in [-0.15, -0.1) is 10.2 Å². The Labute approximate surface area is 163 Å². The average Bonchev–Trinajstić information content (AvgIpc) is 3.30. The van der Waals surface area contributed by atoms with E-state index >= 15 is 0 Å². The molecular weight excluding hydrogens is 384 g/mol. The van der Waals surface area contributed by atoms with Crippen molar-refractivity contribution >= 4 is 29.8 Å². The molecule has 144 valence electrons. The normalized spacial score (nSPS) is 11.6. The predicted octanol–water partition coefficient (Wildman–Crippen LogP) is 4.12. The highest BCUT2D eigenvalue weighted by molar-refractivity contribution is 8.03. The van der Waals surface area contributed by atoms with Gasteiger partial charge in [0, 0.05) is 18.1 Å². The lowest BCUT2D eigenvalue weighted by Gasteiger charge is -2.04. The monoisotopic (exact) mass is 400 g/mol. The van der Waals surface area contributed by atoms with Crippen molar-refractivity contribution in [2.24, 2.45) is 0 Å². The van der Waals surface area contributed by atoms with Gasteiger partial charge in [-0.3, -0.25) is 0 Å². The third-order valence-electron chi connectivity index (χ3n) is 3.81. The van der Waals surface area contributed by atoms with Crippen LogP contribution in [0, 0.1) is 6.92 Å². The number of carboxylic acids is 2. The molecule has 0 unspecified atom stereocenters. The summed E-state index contributed by atoms with van der Waals surface area (Å²) in [7, 11) is 0. The van der Waals surface area contributed by atoms with Crippen molar-refractivity contribution in [1.82, 2.24) is 10.2 Å². The van der Waals surface area contributed by atoms with E-state index in [-0.39, 0.29) is 15.7 Å². The molecule has 0 atom stereocenters. The van der Waals surface area contributed by atoms with Gasteiger partial charge in [-0.2, -0.15) is 0 Å². The first kappa shape index (κ1) is 19.4. The Balaban J connectivity index is 1.90. The fourth-order valence-corrected chi connectivity index (χ4v) is 3.05. The molecule has 0 saturated carbocycles. The SMILES string of the molecule is CCc1nnc(S/C(=C/c2ccc(-c3cc(C(=O)O)ccc3C)o2)C(=O)O)o1. The van der Waals surface area contributed by atoms with Gasteiger partial charge in [0.2, 0.25) is 5.89 Å². The molecule has 8 nitrogen and oxygen atoms in total. The molecule has 9 heteroatoms. The van der Waals surface area contributed by atoms with Crippen LogP contribution in [-0.2, 0) is 11.2 Å². The van der Waals surface area contributed by atoms with Gasteiger partial charge in [0.05, 0.1) is 5.56 Å². The Morgan fingerprint density at radius 1 is 1.14 bits per heavy atom. The molecule has 0 fully saturated rings. The number of aromatic nitrogens is 2. The van der Waals surface area contributed by atoms with Crippen molar-refractivity contribution in [3.8, 4) is 11.3 Å². The van der Waals surface area contributed by atoms with Crippen molar-refractivity contribution in [3.05, 3.63) is 58.0 Å². The van der Waals surface area contributed by atoms with Crippen molar-refractivity contribution in [2.75, 3.05) is 0 Å². The molecule has 2 N–H and O–H groups in total.